The van der Waals surface area contributed by atoms with E-state index in [-0.39, 0.29) is 5.56 Å². The molecule has 0 spiro atoms. The molecule has 2 rings (SSSR count). The molecule has 0 radical (unpaired) electrons. The molecule has 0 heterocycles. The van der Waals surface area contributed by atoms with Gasteiger partial charge in [0.05, 0.1) is 11.6 Å². The van der Waals surface area contributed by atoms with E-state index in [0.29, 0.717) is 15.8 Å². The molecule has 1 aromatic rings. The second-order valence-electron chi connectivity index (χ2n) is 5.75. The van der Waals surface area contributed by atoms with Gasteiger partial charge in [0.1, 0.15) is 5.75 Å². The highest BCUT2D eigenvalue weighted by molar-refractivity contribution is 9.10. The number of ketones is 1. The minimum Gasteiger partial charge on any atom is -0.495 e. The predicted molar refractivity (Wildman–Crippen MR) is 73.7 cm³/mol. The minimum absolute atomic E-state index is 0.161. The standard InChI is InChI=1S/C14H14BrF3O3/c1-12(2)6-13(20,14(16,17)18)11(19)7-4-5-8(15)10(21-3)9(7)12/h4-5,20H,6H2,1-3H3. The molecule has 0 bridgehead atoms. The monoisotopic (exact) mass is 366 g/mol. The Bertz CT molecular complexity index is 610. The number of carbonyl (C=O) groups is 1. The third-order valence-corrected chi connectivity index (χ3v) is 4.40. The molecule has 21 heavy (non-hydrogen) atoms. The molecule has 0 aliphatic heterocycles. The number of alkyl halides is 3. The molecule has 3 nitrogen and oxygen atoms in total. The average molecular weight is 367 g/mol. The first-order valence-corrected chi connectivity index (χ1v) is 6.96. The molecule has 1 N–H and O–H groups in total. The molecule has 0 saturated carbocycles. The van der Waals surface area contributed by atoms with Crippen LogP contribution < -0.4 is 4.74 Å². The van der Waals surface area contributed by atoms with Crippen molar-refractivity contribution in [2.75, 3.05) is 7.11 Å². The SMILES string of the molecule is COc1c(Br)ccc2c1C(C)(C)CC(O)(C(F)(F)F)C2=O. The second-order valence-corrected chi connectivity index (χ2v) is 6.61. The summed E-state index contributed by atoms with van der Waals surface area (Å²) < 4.78 is 45.3. The van der Waals surface area contributed by atoms with E-state index in [1.165, 1.54) is 19.2 Å². The number of fused-ring (bicyclic) bond motifs is 1. The quantitative estimate of drug-likeness (QED) is 0.825. The van der Waals surface area contributed by atoms with Crippen LogP contribution in [0, 0.1) is 0 Å². The molecule has 0 aromatic heterocycles. The van der Waals surface area contributed by atoms with Crippen molar-refractivity contribution in [2.45, 2.75) is 37.5 Å². The van der Waals surface area contributed by atoms with Gasteiger partial charge in [0.15, 0.2) is 0 Å². The number of ether oxygens (including phenoxy) is 1. The molecule has 1 aromatic carbocycles. The van der Waals surface area contributed by atoms with Crippen molar-refractivity contribution in [1.82, 2.24) is 0 Å². The first-order chi connectivity index (χ1) is 9.45. The average Bonchev–Trinajstić information content (AvgIpc) is 2.34. The summed E-state index contributed by atoms with van der Waals surface area (Å²) in [5.41, 5.74) is -4.24. The first kappa shape index (κ1) is 16.3. The van der Waals surface area contributed by atoms with Crippen LogP contribution in [0.3, 0.4) is 0 Å². The van der Waals surface area contributed by atoms with Gasteiger partial charge in [0.25, 0.3) is 0 Å². The largest absolute Gasteiger partial charge is 0.495 e. The predicted octanol–water partition coefficient (Wildman–Crippen LogP) is 3.62. The Morgan fingerprint density at radius 3 is 2.38 bits per heavy atom. The fraction of sp³-hybridized carbons (Fsp3) is 0.500. The van der Waals surface area contributed by atoms with Crippen molar-refractivity contribution < 1.29 is 27.8 Å². The molecule has 1 unspecified atom stereocenters. The smallest absolute Gasteiger partial charge is 0.424 e. The lowest BCUT2D eigenvalue weighted by Gasteiger charge is -2.42. The zero-order valence-electron chi connectivity index (χ0n) is 11.6. The summed E-state index contributed by atoms with van der Waals surface area (Å²) in [7, 11) is 1.38. The lowest BCUT2D eigenvalue weighted by atomic mass is 9.65. The van der Waals surface area contributed by atoms with Gasteiger partial charge in [-0.3, -0.25) is 4.79 Å². The van der Waals surface area contributed by atoms with Crippen molar-refractivity contribution in [3.63, 3.8) is 0 Å². The summed E-state index contributed by atoms with van der Waals surface area (Å²) in [5.74, 6) is -1.02. The van der Waals surface area contributed by atoms with E-state index in [9.17, 15) is 23.1 Å². The zero-order valence-corrected chi connectivity index (χ0v) is 13.2. The summed E-state index contributed by atoms with van der Waals surface area (Å²) in [5, 5.41) is 9.96. The minimum atomic E-state index is -5.03. The van der Waals surface area contributed by atoms with Crippen molar-refractivity contribution in [3.05, 3.63) is 27.7 Å². The lowest BCUT2D eigenvalue weighted by Crippen LogP contribution is -2.58. The summed E-state index contributed by atoms with van der Waals surface area (Å²) in [4.78, 5) is 12.2. The van der Waals surface area contributed by atoms with Crippen molar-refractivity contribution in [2.24, 2.45) is 0 Å². The van der Waals surface area contributed by atoms with E-state index in [2.05, 4.69) is 15.9 Å². The van der Waals surface area contributed by atoms with Gasteiger partial charge < -0.3 is 9.84 Å². The van der Waals surface area contributed by atoms with Crippen LogP contribution in [-0.4, -0.2) is 29.8 Å². The zero-order chi connectivity index (χ0) is 16.2. The number of hydrogen-bond acceptors (Lipinski definition) is 3. The van der Waals surface area contributed by atoms with Crippen LogP contribution in [-0.2, 0) is 5.41 Å². The number of rotatable bonds is 1. The number of halogens is 4. The normalized spacial score (nSPS) is 24.7. The van der Waals surface area contributed by atoms with E-state index >= 15 is 0 Å². The summed E-state index contributed by atoms with van der Waals surface area (Å²) in [6.45, 7) is 3.09. The summed E-state index contributed by atoms with van der Waals surface area (Å²) in [6, 6.07) is 2.72. The Balaban J connectivity index is 2.78. The molecule has 0 amide bonds. The van der Waals surface area contributed by atoms with Gasteiger partial charge in [-0.05, 0) is 33.5 Å². The molecular formula is C14H14BrF3O3. The van der Waals surface area contributed by atoms with Crippen LogP contribution in [0.15, 0.2) is 16.6 Å². The molecular weight excluding hydrogens is 353 g/mol. The highest BCUT2D eigenvalue weighted by atomic mass is 79.9. The second kappa shape index (κ2) is 4.71. The van der Waals surface area contributed by atoms with Crippen LogP contribution in [0.4, 0.5) is 13.2 Å². The van der Waals surface area contributed by atoms with Gasteiger partial charge in [-0.1, -0.05) is 13.8 Å². The van der Waals surface area contributed by atoms with Crippen LogP contribution in [0.5, 0.6) is 5.75 Å². The van der Waals surface area contributed by atoms with Crippen LogP contribution in [0.25, 0.3) is 0 Å². The third-order valence-electron chi connectivity index (χ3n) is 3.78. The molecule has 0 fully saturated rings. The van der Waals surface area contributed by atoms with Crippen LogP contribution in [0.1, 0.15) is 36.2 Å². The Morgan fingerprint density at radius 2 is 1.90 bits per heavy atom. The van der Waals surface area contributed by atoms with Gasteiger partial charge in [-0.15, -0.1) is 0 Å². The third kappa shape index (κ3) is 2.26. The van der Waals surface area contributed by atoms with Crippen molar-refractivity contribution in [3.8, 4) is 5.75 Å². The Hall–Kier alpha value is -1.08. The van der Waals surface area contributed by atoms with Gasteiger partial charge >= 0.3 is 6.18 Å². The Labute approximate surface area is 128 Å². The van der Waals surface area contributed by atoms with Crippen molar-refractivity contribution >= 4 is 21.7 Å². The Kier molecular flexibility index (Phi) is 3.65. The highest BCUT2D eigenvalue weighted by Crippen LogP contribution is 2.51. The summed E-state index contributed by atoms with van der Waals surface area (Å²) in [6.07, 6.45) is -5.78. The number of aliphatic hydroxyl groups is 1. The fourth-order valence-electron chi connectivity index (χ4n) is 2.88. The van der Waals surface area contributed by atoms with Gasteiger partial charge in [0.2, 0.25) is 11.4 Å². The van der Waals surface area contributed by atoms with E-state index in [1.54, 1.807) is 13.8 Å². The molecule has 1 aliphatic carbocycles. The van der Waals surface area contributed by atoms with Crippen molar-refractivity contribution in [1.29, 1.82) is 0 Å². The number of Topliss-reactive ketones (excluding diaryl/α,β-unsaturated/α-hetero) is 1. The fourth-order valence-corrected chi connectivity index (χ4v) is 3.37. The maximum absolute atomic E-state index is 13.2. The maximum Gasteiger partial charge on any atom is 0.424 e. The van der Waals surface area contributed by atoms with Crippen LogP contribution in [0.2, 0.25) is 0 Å². The van der Waals surface area contributed by atoms with Crippen LogP contribution >= 0.6 is 15.9 Å². The highest BCUT2D eigenvalue weighted by Gasteiger charge is 2.64. The number of hydrogen-bond donors (Lipinski definition) is 1. The molecule has 1 atom stereocenters. The summed E-state index contributed by atoms with van der Waals surface area (Å²) >= 11 is 3.25. The van der Waals surface area contributed by atoms with Gasteiger partial charge in [-0.2, -0.15) is 13.2 Å². The van der Waals surface area contributed by atoms with Gasteiger partial charge in [0, 0.05) is 17.5 Å². The molecule has 0 saturated heterocycles. The maximum atomic E-state index is 13.2. The number of methoxy groups -OCH3 is 1. The number of benzene rings is 1. The molecule has 116 valence electrons. The van der Waals surface area contributed by atoms with E-state index in [1.807, 2.05) is 0 Å². The first-order valence-electron chi connectivity index (χ1n) is 6.16. The number of carbonyl (C=O) groups excluding carboxylic acids is 1. The van der Waals surface area contributed by atoms with Gasteiger partial charge in [-0.25, -0.2) is 0 Å². The molecule has 7 heteroatoms. The van der Waals surface area contributed by atoms with E-state index < -0.39 is 29.4 Å². The topological polar surface area (TPSA) is 46.5 Å². The lowest BCUT2D eigenvalue weighted by molar-refractivity contribution is -0.244. The van der Waals surface area contributed by atoms with E-state index in [4.69, 9.17) is 4.74 Å². The Morgan fingerprint density at radius 1 is 1.33 bits per heavy atom. The molecule has 1 aliphatic rings. The van der Waals surface area contributed by atoms with E-state index in [0.717, 1.165) is 0 Å².